The molecule has 1 fully saturated rings. The molecule has 0 radical (unpaired) electrons. The molecule has 140 valence electrons. The summed E-state index contributed by atoms with van der Waals surface area (Å²) in [6.45, 7) is 2.36. The van der Waals surface area contributed by atoms with E-state index in [1.54, 1.807) is 0 Å². The Morgan fingerprint density at radius 1 is 1.15 bits per heavy atom. The highest BCUT2D eigenvalue weighted by molar-refractivity contribution is 7.22. The molecule has 1 saturated carbocycles. The molecule has 0 unspecified atom stereocenters. The number of pyridine rings is 1. The molecule has 0 saturated heterocycles. The Morgan fingerprint density at radius 2 is 2.00 bits per heavy atom. The fourth-order valence-electron chi connectivity index (χ4n) is 3.73. The number of aromatic nitrogens is 3. The monoisotopic (exact) mass is 378 g/mol. The average molecular weight is 379 g/mol. The van der Waals surface area contributed by atoms with E-state index in [4.69, 9.17) is 5.73 Å². The number of thiazole rings is 1. The summed E-state index contributed by atoms with van der Waals surface area (Å²) in [5, 5.41) is 0.618. The molecule has 0 spiro atoms. The number of hydrogen-bond donors (Lipinski definition) is 1. The molecule has 4 nitrogen and oxygen atoms in total. The van der Waals surface area contributed by atoms with Crippen molar-refractivity contribution >= 4 is 32.3 Å². The molecule has 0 atom stereocenters. The highest BCUT2D eigenvalue weighted by atomic mass is 32.1. The standard InChI is InChI=1S/C15H12N4S.C7H14/c16-15-18-12-5-4-10(8-13(12)20-15)7-11-9-17-14-3-1-2-6-19(11)14;1-7-5-3-2-4-6-7/h1-6,8-9H,7H2,(H2,16,18);7H,2-6H2,1H3. The van der Waals surface area contributed by atoms with Crippen LogP contribution in [0.4, 0.5) is 5.13 Å². The van der Waals surface area contributed by atoms with Crippen LogP contribution in [0.5, 0.6) is 0 Å². The first-order valence-electron chi connectivity index (χ1n) is 9.75. The molecule has 2 N–H and O–H groups in total. The van der Waals surface area contributed by atoms with Gasteiger partial charge in [0.2, 0.25) is 0 Å². The zero-order chi connectivity index (χ0) is 18.6. The topological polar surface area (TPSA) is 56.2 Å². The van der Waals surface area contributed by atoms with Crippen LogP contribution >= 0.6 is 11.3 Å². The number of anilines is 1. The van der Waals surface area contributed by atoms with Crippen LogP contribution in [-0.2, 0) is 6.42 Å². The summed E-state index contributed by atoms with van der Waals surface area (Å²) < 4.78 is 3.25. The van der Waals surface area contributed by atoms with E-state index in [0.29, 0.717) is 5.13 Å². The molecule has 1 aliphatic rings. The van der Waals surface area contributed by atoms with Crippen LogP contribution in [0.15, 0.2) is 48.8 Å². The Bertz CT molecular complexity index is 1030. The van der Waals surface area contributed by atoms with Crippen LogP contribution in [0.25, 0.3) is 15.9 Å². The van der Waals surface area contributed by atoms with Crippen molar-refractivity contribution in [3.8, 4) is 0 Å². The first kappa shape index (κ1) is 18.0. The van der Waals surface area contributed by atoms with E-state index in [-0.39, 0.29) is 0 Å². The smallest absolute Gasteiger partial charge is 0.181 e. The number of rotatable bonds is 2. The van der Waals surface area contributed by atoms with Crippen molar-refractivity contribution in [2.45, 2.75) is 45.4 Å². The molecule has 4 aromatic rings. The zero-order valence-electron chi connectivity index (χ0n) is 15.8. The third-order valence-electron chi connectivity index (χ3n) is 5.24. The highest BCUT2D eigenvalue weighted by Gasteiger charge is 2.07. The molecule has 27 heavy (non-hydrogen) atoms. The van der Waals surface area contributed by atoms with Crippen LogP contribution in [0.1, 0.15) is 50.3 Å². The summed E-state index contributed by atoms with van der Waals surface area (Å²) in [4.78, 5) is 8.69. The van der Waals surface area contributed by atoms with Gasteiger partial charge in [0.25, 0.3) is 0 Å². The number of fused-ring (bicyclic) bond motifs is 2. The van der Waals surface area contributed by atoms with E-state index >= 15 is 0 Å². The van der Waals surface area contributed by atoms with Crippen molar-refractivity contribution in [3.05, 3.63) is 60.0 Å². The van der Waals surface area contributed by atoms with Gasteiger partial charge in [0.1, 0.15) is 5.65 Å². The lowest BCUT2D eigenvalue weighted by Crippen LogP contribution is -1.99. The summed E-state index contributed by atoms with van der Waals surface area (Å²) in [7, 11) is 0. The van der Waals surface area contributed by atoms with E-state index in [0.717, 1.165) is 28.2 Å². The molecule has 3 heterocycles. The van der Waals surface area contributed by atoms with E-state index in [1.807, 2.05) is 36.7 Å². The Kier molecular flexibility index (Phi) is 5.39. The van der Waals surface area contributed by atoms with Crippen LogP contribution in [-0.4, -0.2) is 14.4 Å². The minimum atomic E-state index is 0.618. The van der Waals surface area contributed by atoms with Gasteiger partial charge in [-0.15, -0.1) is 0 Å². The summed E-state index contributed by atoms with van der Waals surface area (Å²) in [6.07, 6.45) is 12.3. The van der Waals surface area contributed by atoms with Gasteiger partial charge in [0.15, 0.2) is 5.13 Å². The lowest BCUT2D eigenvalue weighted by atomic mass is 9.91. The third-order valence-corrected chi connectivity index (χ3v) is 6.09. The van der Waals surface area contributed by atoms with Gasteiger partial charge >= 0.3 is 0 Å². The molecular weight excluding hydrogens is 352 g/mol. The van der Waals surface area contributed by atoms with Crippen molar-refractivity contribution in [3.63, 3.8) is 0 Å². The maximum atomic E-state index is 5.74. The Hall–Kier alpha value is -2.40. The largest absolute Gasteiger partial charge is 0.375 e. The third kappa shape index (κ3) is 4.30. The SMILES string of the molecule is CC1CCCCC1.Nc1nc2ccc(Cc3cnc4ccccn34)cc2s1. The Labute approximate surface area is 164 Å². The van der Waals surface area contributed by atoms with E-state index < -0.39 is 0 Å². The number of hydrogen-bond acceptors (Lipinski definition) is 4. The molecule has 0 aliphatic heterocycles. The van der Waals surface area contributed by atoms with Gasteiger partial charge in [-0.05, 0) is 35.7 Å². The minimum Gasteiger partial charge on any atom is -0.375 e. The number of nitrogens with two attached hydrogens (primary N) is 1. The van der Waals surface area contributed by atoms with Crippen LogP contribution in [0.2, 0.25) is 0 Å². The van der Waals surface area contributed by atoms with Gasteiger partial charge < -0.3 is 10.1 Å². The average Bonchev–Trinajstić information content (AvgIpc) is 3.25. The number of imidazole rings is 1. The number of nitrogen functional groups attached to an aromatic ring is 1. The first-order chi connectivity index (χ1) is 13.2. The molecule has 5 rings (SSSR count). The summed E-state index contributed by atoms with van der Waals surface area (Å²) in [6, 6.07) is 12.3. The predicted octanol–water partition coefficient (Wildman–Crippen LogP) is 5.70. The van der Waals surface area contributed by atoms with E-state index in [2.05, 4.69) is 33.4 Å². The molecular formula is C22H26N4S. The quantitative estimate of drug-likeness (QED) is 0.486. The molecule has 0 amide bonds. The summed E-state index contributed by atoms with van der Waals surface area (Å²) in [5.74, 6) is 1.04. The fourth-order valence-corrected chi connectivity index (χ4v) is 4.53. The van der Waals surface area contributed by atoms with Gasteiger partial charge in [-0.2, -0.15) is 0 Å². The summed E-state index contributed by atoms with van der Waals surface area (Å²) in [5.41, 5.74) is 10.1. The van der Waals surface area contributed by atoms with Crippen LogP contribution in [0, 0.1) is 5.92 Å². The first-order valence-corrected chi connectivity index (χ1v) is 10.6. The Morgan fingerprint density at radius 3 is 2.78 bits per heavy atom. The molecule has 1 aromatic carbocycles. The van der Waals surface area contributed by atoms with Crippen LogP contribution in [0.3, 0.4) is 0 Å². The summed E-state index contributed by atoms with van der Waals surface area (Å²) >= 11 is 1.53. The van der Waals surface area contributed by atoms with Gasteiger partial charge in [0.05, 0.1) is 10.2 Å². The second-order valence-corrected chi connectivity index (χ2v) is 8.51. The predicted molar refractivity (Wildman–Crippen MR) is 114 cm³/mol. The number of nitrogens with zero attached hydrogens (tertiary/aromatic N) is 3. The van der Waals surface area contributed by atoms with Crippen molar-refractivity contribution in [2.75, 3.05) is 5.73 Å². The van der Waals surface area contributed by atoms with Crippen molar-refractivity contribution in [1.29, 1.82) is 0 Å². The molecule has 3 aromatic heterocycles. The van der Waals surface area contributed by atoms with Crippen molar-refractivity contribution in [1.82, 2.24) is 14.4 Å². The second kappa shape index (κ2) is 8.09. The van der Waals surface area contributed by atoms with Crippen LogP contribution < -0.4 is 5.73 Å². The van der Waals surface area contributed by atoms with Crippen molar-refractivity contribution in [2.24, 2.45) is 5.92 Å². The zero-order valence-corrected chi connectivity index (χ0v) is 16.6. The minimum absolute atomic E-state index is 0.618. The van der Waals surface area contributed by atoms with Gasteiger partial charge in [-0.25, -0.2) is 9.97 Å². The normalized spacial score (nSPS) is 15.0. The number of benzene rings is 1. The lowest BCUT2D eigenvalue weighted by Gasteiger charge is -2.15. The second-order valence-electron chi connectivity index (χ2n) is 7.45. The lowest BCUT2D eigenvalue weighted by molar-refractivity contribution is 0.385. The molecule has 0 bridgehead atoms. The molecule has 1 aliphatic carbocycles. The maximum Gasteiger partial charge on any atom is 0.181 e. The van der Waals surface area contributed by atoms with Gasteiger partial charge in [-0.1, -0.05) is 62.5 Å². The van der Waals surface area contributed by atoms with E-state index in [9.17, 15) is 0 Å². The maximum absolute atomic E-state index is 5.74. The fraction of sp³-hybridized carbons (Fsp3) is 0.364. The van der Waals surface area contributed by atoms with Gasteiger partial charge in [0, 0.05) is 24.5 Å². The Balaban J connectivity index is 0.000000218. The van der Waals surface area contributed by atoms with Gasteiger partial charge in [-0.3, -0.25) is 0 Å². The van der Waals surface area contributed by atoms with Crippen molar-refractivity contribution < 1.29 is 0 Å². The molecule has 5 heteroatoms. The van der Waals surface area contributed by atoms with E-state index in [1.165, 1.54) is 54.7 Å². The highest BCUT2D eigenvalue weighted by Crippen LogP contribution is 2.25.